The van der Waals surface area contributed by atoms with Crippen molar-refractivity contribution in [3.63, 3.8) is 0 Å². The Kier molecular flexibility index (Phi) is 4.20. The Hall–Kier alpha value is -1.87. The molecule has 0 aromatic heterocycles. The molecule has 0 bridgehead atoms. The molecule has 0 aliphatic carbocycles. The van der Waals surface area contributed by atoms with Gasteiger partial charge in [-0.15, -0.1) is 0 Å². The van der Waals surface area contributed by atoms with Crippen LogP contribution in [0, 0.1) is 0 Å². The molecule has 110 valence electrons. The van der Waals surface area contributed by atoms with Crippen LogP contribution >= 0.6 is 0 Å². The first-order chi connectivity index (χ1) is 10.2. The van der Waals surface area contributed by atoms with Crippen molar-refractivity contribution in [1.29, 1.82) is 0 Å². The van der Waals surface area contributed by atoms with Crippen LogP contribution in [0.5, 0.6) is 0 Å². The maximum atomic E-state index is 12.2. The first-order valence-corrected chi connectivity index (χ1v) is 7.73. The molecule has 1 aliphatic heterocycles. The van der Waals surface area contributed by atoms with E-state index in [9.17, 15) is 4.79 Å². The van der Waals surface area contributed by atoms with Crippen LogP contribution in [0.25, 0.3) is 10.8 Å². The molecule has 1 heterocycles. The van der Waals surface area contributed by atoms with Crippen LogP contribution < -0.4 is 10.6 Å². The topological polar surface area (TPSA) is 41.1 Å². The van der Waals surface area contributed by atoms with Crippen LogP contribution in [0.1, 0.15) is 25.3 Å². The molecule has 1 aliphatic rings. The molecule has 1 fully saturated rings. The van der Waals surface area contributed by atoms with Gasteiger partial charge in [-0.3, -0.25) is 4.79 Å². The van der Waals surface area contributed by atoms with E-state index in [-0.39, 0.29) is 11.9 Å². The Morgan fingerprint density at radius 2 is 2.05 bits per heavy atom. The predicted molar refractivity (Wildman–Crippen MR) is 86.3 cm³/mol. The fourth-order valence-corrected chi connectivity index (χ4v) is 3.03. The van der Waals surface area contributed by atoms with Crippen molar-refractivity contribution in [1.82, 2.24) is 10.6 Å². The lowest BCUT2D eigenvalue weighted by Crippen LogP contribution is -2.52. The number of nitrogens with one attached hydrogen (secondary N) is 2. The Morgan fingerprint density at radius 1 is 1.24 bits per heavy atom. The number of carbonyl (C=O) groups excluding carboxylic acids is 1. The van der Waals surface area contributed by atoms with Crippen molar-refractivity contribution in [2.75, 3.05) is 6.54 Å². The molecule has 21 heavy (non-hydrogen) atoms. The highest BCUT2D eigenvalue weighted by atomic mass is 16.1. The number of amides is 1. The first-order valence-electron chi connectivity index (χ1n) is 7.73. The molecule has 0 spiro atoms. The van der Waals surface area contributed by atoms with Gasteiger partial charge < -0.3 is 10.6 Å². The van der Waals surface area contributed by atoms with Crippen molar-refractivity contribution >= 4 is 16.7 Å². The summed E-state index contributed by atoms with van der Waals surface area (Å²) in [6.45, 7) is 3.19. The van der Waals surface area contributed by atoms with Crippen LogP contribution in [0.3, 0.4) is 0 Å². The molecule has 0 radical (unpaired) electrons. The van der Waals surface area contributed by atoms with Crippen LogP contribution in [0.15, 0.2) is 42.5 Å². The van der Waals surface area contributed by atoms with Crippen molar-refractivity contribution in [3.8, 4) is 0 Å². The van der Waals surface area contributed by atoms with Crippen LogP contribution in [-0.2, 0) is 11.2 Å². The van der Waals surface area contributed by atoms with Crippen LogP contribution in [-0.4, -0.2) is 24.5 Å². The number of fused-ring (bicyclic) bond motifs is 1. The quantitative estimate of drug-likeness (QED) is 0.908. The predicted octanol–water partition coefficient (Wildman–Crippen LogP) is 2.64. The molecule has 3 heteroatoms. The number of carbonyl (C=O) groups is 1. The molecule has 3 rings (SSSR count). The monoisotopic (exact) mass is 282 g/mol. The summed E-state index contributed by atoms with van der Waals surface area (Å²) < 4.78 is 0. The van der Waals surface area contributed by atoms with E-state index in [4.69, 9.17) is 0 Å². The fraction of sp³-hybridized carbons (Fsp3) is 0.389. The lowest BCUT2D eigenvalue weighted by atomic mass is 9.99. The van der Waals surface area contributed by atoms with E-state index in [1.807, 2.05) is 18.2 Å². The molecular formula is C18H22N2O. The smallest absolute Gasteiger partial charge is 0.224 e. The summed E-state index contributed by atoms with van der Waals surface area (Å²) >= 11 is 0. The van der Waals surface area contributed by atoms with Gasteiger partial charge in [-0.25, -0.2) is 0 Å². The summed E-state index contributed by atoms with van der Waals surface area (Å²) in [7, 11) is 0. The van der Waals surface area contributed by atoms with Gasteiger partial charge in [-0.2, -0.15) is 0 Å². The number of hydrogen-bond acceptors (Lipinski definition) is 2. The summed E-state index contributed by atoms with van der Waals surface area (Å²) in [5, 5.41) is 8.98. The van der Waals surface area contributed by atoms with Gasteiger partial charge in [-0.1, -0.05) is 42.5 Å². The number of hydrogen-bond donors (Lipinski definition) is 2. The molecule has 1 saturated heterocycles. The van der Waals surface area contributed by atoms with Gasteiger partial charge in [0.15, 0.2) is 0 Å². The minimum atomic E-state index is 0.117. The summed E-state index contributed by atoms with van der Waals surface area (Å²) in [6.07, 6.45) is 2.65. The highest BCUT2D eigenvalue weighted by Gasteiger charge is 2.22. The van der Waals surface area contributed by atoms with E-state index in [2.05, 4.69) is 41.8 Å². The molecule has 2 aromatic rings. The van der Waals surface area contributed by atoms with Gasteiger partial charge >= 0.3 is 0 Å². The number of rotatable bonds is 3. The molecule has 3 nitrogen and oxygen atoms in total. The second kappa shape index (κ2) is 6.27. The largest absolute Gasteiger partial charge is 0.352 e. The zero-order valence-corrected chi connectivity index (χ0v) is 12.4. The Labute approximate surface area is 125 Å². The second-order valence-corrected chi connectivity index (χ2v) is 5.92. The maximum absolute atomic E-state index is 12.2. The molecule has 0 saturated carbocycles. The molecule has 2 N–H and O–H groups in total. The third-order valence-electron chi connectivity index (χ3n) is 4.29. The average molecular weight is 282 g/mol. The van der Waals surface area contributed by atoms with Gasteiger partial charge in [-0.05, 0) is 42.6 Å². The summed E-state index contributed by atoms with van der Waals surface area (Å²) in [5.74, 6) is 0.117. The third kappa shape index (κ3) is 3.42. The van der Waals surface area contributed by atoms with E-state index in [0.29, 0.717) is 12.5 Å². The van der Waals surface area contributed by atoms with Crippen LogP contribution in [0.2, 0.25) is 0 Å². The summed E-state index contributed by atoms with van der Waals surface area (Å²) in [4.78, 5) is 12.2. The highest BCUT2D eigenvalue weighted by molar-refractivity contribution is 5.85. The molecule has 2 aromatic carbocycles. The first kappa shape index (κ1) is 14.1. The normalized spacial score (nSPS) is 22.1. The molecule has 2 atom stereocenters. The van der Waals surface area contributed by atoms with Crippen LogP contribution in [0.4, 0.5) is 0 Å². The lowest BCUT2D eigenvalue weighted by molar-refractivity contribution is -0.121. The van der Waals surface area contributed by atoms with E-state index >= 15 is 0 Å². The lowest BCUT2D eigenvalue weighted by Gasteiger charge is -2.30. The molecule has 2 unspecified atom stereocenters. The van der Waals surface area contributed by atoms with Gasteiger partial charge in [0.05, 0.1) is 6.42 Å². The van der Waals surface area contributed by atoms with Crippen molar-refractivity contribution < 1.29 is 4.79 Å². The zero-order chi connectivity index (χ0) is 14.7. The number of benzene rings is 2. The van der Waals surface area contributed by atoms with Gasteiger partial charge in [0, 0.05) is 12.1 Å². The van der Waals surface area contributed by atoms with Crippen molar-refractivity contribution in [3.05, 3.63) is 48.0 Å². The van der Waals surface area contributed by atoms with Crippen molar-refractivity contribution in [2.45, 2.75) is 38.3 Å². The minimum absolute atomic E-state index is 0.117. The van der Waals surface area contributed by atoms with E-state index in [0.717, 1.165) is 24.9 Å². The van der Waals surface area contributed by atoms with Gasteiger partial charge in [0.25, 0.3) is 0 Å². The summed E-state index contributed by atoms with van der Waals surface area (Å²) in [6, 6.07) is 15.1. The van der Waals surface area contributed by atoms with E-state index in [1.54, 1.807) is 0 Å². The Bertz CT molecular complexity index is 638. The molecule has 1 amide bonds. The second-order valence-electron chi connectivity index (χ2n) is 5.92. The highest BCUT2D eigenvalue weighted by Crippen LogP contribution is 2.16. The van der Waals surface area contributed by atoms with E-state index < -0.39 is 0 Å². The maximum Gasteiger partial charge on any atom is 0.224 e. The average Bonchev–Trinajstić information content (AvgIpc) is 2.49. The van der Waals surface area contributed by atoms with Gasteiger partial charge in [0.2, 0.25) is 5.91 Å². The van der Waals surface area contributed by atoms with Crippen molar-refractivity contribution in [2.24, 2.45) is 0 Å². The number of piperidine rings is 1. The molecular weight excluding hydrogens is 260 g/mol. The standard InChI is InChI=1S/C18H22N2O/c1-13-17(7-4-10-19-13)20-18(21)12-14-8-9-15-5-2-3-6-16(15)11-14/h2-3,5-6,8-9,11,13,17,19H,4,7,10,12H2,1H3,(H,20,21). The SMILES string of the molecule is CC1NCCCC1NC(=O)Cc1ccc2ccccc2c1. The zero-order valence-electron chi connectivity index (χ0n) is 12.4. The van der Waals surface area contributed by atoms with Gasteiger partial charge in [0.1, 0.15) is 0 Å². The third-order valence-corrected chi connectivity index (χ3v) is 4.29. The van der Waals surface area contributed by atoms with E-state index in [1.165, 1.54) is 10.8 Å². The Morgan fingerprint density at radius 3 is 2.86 bits per heavy atom. The fourth-order valence-electron chi connectivity index (χ4n) is 3.03. The Balaban J connectivity index is 1.65. The summed E-state index contributed by atoms with van der Waals surface area (Å²) in [5.41, 5.74) is 1.07. The minimum Gasteiger partial charge on any atom is -0.352 e.